The first-order valence-electron chi connectivity index (χ1n) is 6.23. The van der Waals surface area contributed by atoms with Gasteiger partial charge in [-0.1, -0.05) is 15.9 Å². The molecule has 1 heterocycles. The van der Waals surface area contributed by atoms with Gasteiger partial charge in [0.15, 0.2) is 0 Å². The number of aromatic nitrogens is 1. The number of nitrogens with zero attached hydrogens (tertiary/aromatic N) is 1. The van der Waals surface area contributed by atoms with Crippen molar-refractivity contribution in [1.82, 2.24) is 10.3 Å². The Morgan fingerprint density at radius 2 is 2.00 bits per heavy atom. The molecule has 2 N–H and O–H groups in total. The Hall–Kier alpha value is -1.66. The van der Waals surface area contributed by atoms with E-state index >= 15 is 0 Å². The van der Waals surface area contributed by atoms with E-state index in [1.54, 1.807) is 0 Å². The molecule has 106 valence electrons. The standard InChI is InChI=1S/C14H16BrN3O2/c1-9-10(2)20-14(17-9)8-16-7-13(19)18-12-5-3-11(15)4-6-12/h3-6,16H,7-8H2,1-2H3,(H,18,19). The monoisotopic (exact) mass is 337 g/mol. The average Bonchev–Trinajstić information content (AvgIpc) is 2.71. The summed E-state index contributed by atoms with van der Waals surface area (Å²) in [5, 5.41) is 5.79. The van der Waals surface area contributed by atoms with Gasteiger partial charge in [-0.05, 0) is 38.1 Å². The third-order valence-electron chi connectivity index (χ3n) is 2.76. The Kier molecular flexibility index (Phi) is 4.92. The molecule has 1 amide bonds. The molecule has 0 atom stereocenters. The number of rotatable bonds is 5. The minimum Gasteiger partial charge on any atom is -0.444 e. The number of halogens is 1. The Bertz CT molecular complexity index is 573. The highest BCUT2D eigenvalue weighted by Crippen LogP contribution is 2.13. The van der Waals surface area contributed by atoms with Crippen LogP contribution in [0.1, 0.15) is 17.3 Å². The van der Waals surface area contributed by atoms with Crippen molar-refractivity contribution in [1.29, 1.82) is 0 Å². The van der Waals surface area contributed by atoms with Crippen molar-refractivity contribution < 1.29 is 9.21 Å². The van der Waals surface area contributed by atoms with Crippen molar-refractivity contribution in [2.24, 2.45) is 0 Å². The molecule has 1 aromatic carbocycles. The van der Waals surface area contributed by atoms with E-state index in [9.17, 15) is 4.79 Å². The number of aryl methyl sites for hydroxylation is 2. The maximum Gasteiger partial charge on any atom is 0.238 e. The van der Waals surface area contributed by atoms with E-state index in [4.69, 9.17) is 4.42 Å². The van der Waals surface area contributed by atoms with Crippen molar-refractivity contribution in [3.8, 4) is 0 Å². The van der Waals surface area contributed by atoms with E-state index in [1.165, 1.54) is 0 Å². The molecule has 0 spiro atoms. The van der Waals surface area contributed by atoms with Crippen LogP contribution in [0.5, 0.6) is 0 Å². The third-order valence-corrected chi connectivity index (χ3v) is 3.29. The van der Waals surface area contributed by atoms with Crippen LogP contribution in [0.2, 0.25) is 0 Å². The summed E-state index contributed by atoms with van der Waals surface area (Å²) in [6.07, 6.45) is 0. The summed E-state index contributed by atoms with van der Waals surface area (Å²) in [7, 11) is 0. The second-order valence-electron chi connectivity index (χ2n) is 4.41. The van der Waals surface area contributed by atoms with E-state index in [2.05, 4.69) is 31.5 Å². The van der Waals surface area contributed by atoms with Crippen LogP contribution >= 0.6 is 15.9 Å². The first kappa shape index (κ1) is 14.7. The van der Waals surface area contributed by atoms with Crippen LogP contribution in [0, 0.1) is 13.8 Å². The highest BCUT2D eigenvalue weighted by atomic mass is 79.9. The molecular weight excluding hydrogens is 322 g/mol. The summed E-state index contributed by atoms with van der Waals surface area (Å²) in [6.45, 7) is 4.40. The molecule has 0 saturated carbocycles. The molecular formula is C14H16BrN3O2. The fourth-order valence-corrected chi connectivity index (χ4v) is 1.90. The van der Waals surface area contributed by atoms with Gasteiger partial charge in [-0.2, -0.15) is 0 Å². The van der Waals surface area contributed by atoms with Gasteiger partial charge < -0.3 is 9.73 Å². The number of benzene rings is 1. The summed E-state index contributed by atoms with van der Waals surface area (Å²) in [5.41, 5.74) is 1.64. The number of amides is 1. The fourth-order valence-electron chi connectivity index (χ4n) is 1.64. The van der Waals surface area contributed by atoms with Gasteiger partial charge in [0.1, 0.15) is 5.76 Å². The molecule has 0 bridgehead atoms. The van der Waals surface area contributed by atoms with Crippen molar-refractivity contribution in [2.75, 3.05) is 11.9 Å². The fraction of sp³-hybridized carbons (Fsp3) is 0.286. The van der Waals surface area contributed by atoms with Crippen molar-refractivity contribution >= 4 is 27.5 Å². The predicted molar refractivity (Wildman–Crippen MR) is 80.5 cm³/mol. The molecule has 0 radical (unpaired) electrons. The number of anilines is 1. The Morgan fingerprint density at radius 1 is 1.30 bits per heavy atom. The van der Waals surface area contributed by atoms with E-state index in [0.717, 1.165) is 21.6 Å². The van der Waals surface area contributed by atoms with E-state index in [-0.39, 0.29) is 12.5 Å². The van der Waals surface area contributed by atoms with Gasteiger partial charge in [-0.15, -0.1) is 0 Å². The summed E-state index contributed by atoms with van der Waals surface area (Å²) in [5.74, 6) is 1.30. The first-order valence-corrected chi connectivity index (χ1v) is 7.03. The number of oxazole rings is 1. The second kappa shape index (κ2) is 6.67. The zero-order chi connectivity index (χ0) is 14.5. The number of nitrogens with one attached hydrogen (secondary N) is 2. The minimum absolute atomic E-state index is 0.104. The zero-order valence-electron chi connectivity index (χ0n) is 11.4. The van der Waals surface area contributed by atoms with Gasteiger partial charge >= 0.3 is 0 Å². The second-order valence-corrected chi connectivity index (χ2v) is 5.32. The van der Waals surface area contributed by atoms with Crippen molar-refractivity contribution in [3.05, 3.63) is 46.1 Å². The van der Waals surface area contributed by atoms with E-state index in [0.29, 0.717) is 12.4 Å². The third kappa shape index (κ3) is 4.18. The predicted octanol–water partition coefficient (Wildman–Crippen LogP) is 2.78. The lowest BCUT2D eigenvalue weighted by atomic mass is 10.3. The first-order chi connectivity index (χ1) is 9.54. The van der Waals surface area contributed by atoms with Crippen LogP contribution in [-0.4, -0.2) is 17.4 Å². The number of carbonyl (C=O) groups excluding carboxylic acids is 1. The Morgan fingerprint density at radius 3 is 2.60 bits per heavy atom. The van der Waals surface area contributed by atoms with Crippen molar-refractivity contribution in [2.45, 2.75) is 20.4 Å². The topological polar surface area (TPSA) is 67.2 Å². The molecule has 0 unspecified atom stereocenters. The van der Waals surface area contributed by atoms with Crippen LogP contribution in [0.4, 0.5) is 5.69 Å². The summed E-state index contributed by atoms with van der Waals surface area (Å²) < 4.78 is 6.39. The maximum absolute atomic E-state index is 11.7. The molecule has 6 heteroatoms. The number of hydrogen-bond acceptors (Lipinski definition) is 4. The van der Waals surface area contributed by atoms with Gasteiger partial charge in [-0.3, -0.25) is 10.1 Å². The van der Waals surface area contributed by atoms with Crippen LogP contribution < -0.4 is 10.6 Å². The molecule has 0 aliphatic rings. The molecule has 1 aromatic heterocycles. The lowest BCUT2D eigenvalue weighted by Gasteiger charge is -2.05. The maximum atomic E-state index is 11.7. The van der Waals surface area contributed by atoms with Gasteiger partial charge in [0.05, 0.1) is 18.8 Å². The number of hydrogen-bond donors (Lipinski definition) is 2. The molecule has 0 aliphatic carbocycles. The highest BCUT2D eigenvalue weighted by Gasteiger charge is 2.06. The molecule has 0 fully saturated rings. The van der Waals surface area contributed by atoms with Gasteiger partial charge in [0, 0.05) is 10.2 Å². The minimum atomic E-state index is -0.104. The largest absolute Gasteiger partial charge is 0.444 e. The molecule has 20 heavy (non-hydrogen) atoms. The quantitative estimate of drug-likeness (QED) is 0.880. The van der Waals surface area contributed by atoms with E-state index < -0.39 is 0 Å². The Labute approximate surface area is 125 Å². The van der Waals surface area contributed by atoms with Gasteiger partial charge in [0.25, 0.3) is 0 Å². The lowest BCUT2D eigenvalue weighted by Crippen LogP contribution is -2.27. The highest BCUT2D eigenvalue weighted by molar-refractivity contribution is 9.10. The van der Waals surface area contributed by atoms with E-state index in [1.807, 2.05) is 38.1 Å². The summed E-state index contributed by atoms with van der Waals surface area (Å²) in [6, 6.07) is 7.42. The Balaban J connectivity index is 1.76. The van der Waals surface area contributed by atoms with Crippen LogP contribution in [-0.2, 0) is 11.3 Å². The molecule has 0 saturated heterocycles. The zero-order valence-corrected chi connectivity index (χ0v) is 13.0. The summed E-state index contributed by atoms with van der Waals surface area (Å²) in [4.78, 5) is 16.0. The van der Waals surface area contributed by atoms with Gasteiger partial charge in [-0.25, -0.2) is 4.98 Å². The smallest absolute Gasteiger partial charge is 0.238 e. The molecule has 5 nitrogen and oxygen atoms in total. The van der Waals surface area contributed by atoms with Gasteiger partial charge in [0.2, 0.25) is 11.8 Å². The summed E-state index contributed by atoms with van der Waals surface area (Å²) >= 11 is 3.34. The van der Waals surface area contributed by atoms with Crippen LogP contribution in [0.15, 0.2) is 33.2 Å². The SMILES string of the molecule is Cc1nc(CNCC(=O)Nc2ccc(Br)cc2)oc1C. The average molecular weight is 338 g/mol. The number of carbonyl (C=O) groups is 1. The van der Waals surface area contributed by atoms with Crippen molar-refractivity contribution in [3.63, 3.8) is 0 Å². The molecule has 0 aliphatic heterocycles. The lowest BCUT2D eigenvalue weighted by molar-refractivity contribution is -0.115. The molecule has 2 aromatic rings. The van der Waals surface area contributed by atoms with Crippen LogP contribution in [0.3, 0.4) is 0 Å². The molecule has 2 rings (SSSR count). The van der Waals surface area contributed by atoms with Crippen LogP contribution in [0.25, 0.3) is 0 Å². The normalized spacial score (nSPS) is 10.6.